The fourth-order valence-corrected chi connectivity index (χ4v) is 5.13. The van der Waals surface area contributed by atoms with Crippen molar-refractivity contribution in [1.82, 2.24) is 4.98 Å². The number of anilines is 2. The number of nitro benzene ring substituents is 1. The van der Waals surface area contributed by atoms with E-state index in [4.69, 9.17) is 4.98 Å². The molecular formula is C20H18F3N5O2S2. The van der Waals surface area contributed by atoms with Crippen molar-refractivity contribution in [3.05, 3.63) is 56.3 Å². The van der Waals surface area contributed by atoms with Crippen molar-refractivity contribution in [3.8, 4) is 10.6 Å². The molecule has 2 aromatic heterocycles. The topological polar surface area (TPSA) is 83.7 Å². The molecule has 4 rings (SSSR count). The minimum absolute atomic E-state index is 0.127. The maximum atomic E-state index is 12.9. The Morgan fingerprint density at radius 2 is 2.00 bits per heavy atom. The molecular weight excluding hydrogens is 463 g/mol. The molecule has 12 heteroatoms. The number of nitrogens with one attached hydrogen (secondary N) is 1. The number of benzene rings is 1. The molecule has 1 aliphatic rings. The van der Waals surface area contributed by atoms with Gasteiger partial charge in [0.2, 0.25) is 0 Å². The predicted molar refractivity (Wildman–Crippen MR) is 121 cm³/mol. The predicted octanol–water partition coefficient (Wildman–Crippen LogP) is 6.23. The van der Waals surface area contributed by atoms with Crippen LogP contribution in [0.2, 0.25) is 0 Å². The first-order chi connectivity index (χ1) is 15.3. The third-order valence-electron chi connectivity index (χ3n) is 4.91. The number of hydrogen-bond donors (Lipinski definition) is 1. The van der Waals surface area contributed by atoms with E-state index < -0.39 is 22.4 Å². The quantitative estimate of drug-likeness (QED) is 0.256. The van der Waals surface area contributed by atoms with Crippen LogP contribution in [0.4, 0.5) is 29.7 Å². The van der Waals surface area contributed by atoms with Crippen molar-refractivity contribution >= 4 is 45.4 Å². The molecule has 3 aromatic rings. The lowest BCUT2D eigenvalue weighted by Crippen LogP contribution is -2.29. The summed E-state index contributed by atoms with van der Waals surface area (Å²) in [6, 6.07) is 6.15. The average Bonchev–Trinajstić information content (AvgIpc) is 3.43. The van der Waals surface area contributed by atoms with Crippen LogP contribution in [0.25, 0.3) is 10.6 Å². The van der Waals surface area contributed by atoms with Crippen molar-refractivity contribution in [2.24, 2.45) is 5.10 Å². The van der Waals surface area contributed by atoms with Crippen LogP contribution in [0.15, 0.2) is 40.8 Å². The van der Waals surface area contributed by atoms with Crippen molar-refractivity contribution in [2.75, 3.05) is 23.4 Å². The molecule has 0 saturated carbocycles. The van der Waals surface area contributed by atoms with E-state index in [0.29, 0.717) is 6.07 Å². The maximum Gasteiger partial charge on any atom is 0.416 e. The van der Waals surface area contributed by atoms with Crippen LogP contribution in [-0.2, 0) is 6.18 Å². The lowest BCUT2D eigenvalue weighted by atomic mass is 10.1. The second-order valence-electron chi connectivity index (χ2n) is 7.09. The average molecular weight is 482 g/mol. The lowest BCUT2D eigenvalue weighted by Gasteiger charge is -2.25. The number of hydrogen-bond acceptors (Lipinski definition) is 8. The van der Waals surface area contributed by atoms with E-state index in [1.165, 1.54) is 35.3 Å². The first-order valence-corrected chi connectivity index (χ1v) is 11.5. The fourth-order valence-electron chi connectivity index (χ4n) is 3.33. The number of halogens is 3. The Kier molecular flexibility index (Phi) is 6.42. The number of aromatic nitrogens is 1. The Labute approximate surface area is 189 Å². The third-order valence-corrected chi connectivity index (χ3v) is 6.84. The molecule has 0 spiro atoms. The van der Waals surface area contributed by atoms with Gasteiger partial charge < -0.3 is 4.90 Å². The number of thiophene rings is 1. The molecule has 32 heavy (non-hydrogen) atoms. The molecule has 0 unspecified atom stereocenters. The number of nitrogens with zero attached hydrogens (tertiary/aromatic N) is 4. The monoisotopic (exact) mass is 481 g/mol. The molecule has 0 aliphatic carbocycles. The minimum Gasteiger partial charge on any atom is -0.348 e. The summed E-state index contributed by atoms with van der Waals surface area (Å²) in [5.41, 5.74) is 1.36. The van der Waals surface area contributed by atoms with E-state index in [1.807, 2.05) is 17.5 Å². The summed E-state index contributed by atoms with van der Waals surface area (Å²) < 4.78 is 38.7. The Morgan fingerprint density at radius 1 is 1.22 bits per heavy atom. The van der Waals surface area contributed by atoms with Gasteiger partial charge in [0, 0.05) is 19.2 Å². The molecule has 168 valence electrons. The number of piperidine rings is 1. The number of nitro groups is 1. The van der Waals surface area contributed by atoms with Crippen LogP contribution >= 0.6 is 22.7 Å². The van der Waals surface area contributed by atoms with Crippen LogP contribution in [0.1, 0.15) is 29.7 Å². The molecule has 0 atom stereocenters. The van der Waals surface area contributed by atoms with E-state index >= 15 is 0 Å². The van der Waals surface area contributed by atoms with Crippen molar-refractivity contribution in [2.45, 2.75) is 25.4 Å². The highest BCUT2D eigenvalue weighted by Crippen LogP contribution is 2.36. The number of rotatable bonds is 6. The van der Waals surface area contributed by atoms with Crippen LogP contribution < -0.4 is 10.3 Å². The van der Waals surface area contributed by atoms with Gasteiger partial charge in [0.15, 0.2) is 5.13 Å². The first kappa shape index (κ1) is 22.2. The van der Waals surface area contributed by atoms with E-state index in [-0.39, 0.29) is 5.69 Å². The Balaban J connectivity index is 1.61. The molecule has 1 saturated heterocycles. The smallest absolute Gasteiger partial charge is 0.348 e. The molecule has 1 fully saturated rings. The Hall–Kier alpha value is -2.99. The van der Waals surface area contributed by atoms with E-state index in [9.17, 15) is 23.3 Å². The molecule has 1 aromatic carbocycles. The summed E-state index contributed by atoms with van der Waals surface area (Å²) in [5.74, 6) is 0. The largest absolute Gasteiger partial charge is 0.416 e. The summed E-state index contributed by atoms with van der Waals surface area (Å²) in [5, 5.41) is 18.2. The normalized spacial score (nSPS) is 14.8. The SMILES string of the molecule is O=[N+]([O-])c1cc(C(F)(F)F)ccc1N/N=C\c1sc(N2CCCCC2)nc1-c1cccs1. The van der Waals surface area contributed by atoms with Gasteiger partial charge in [-0.25, -0.2) is 4.98 Å². The number of thiazole rings is 1. The van der Waals surface area contributed by atoms with E-state index in [1.54, 1.807) is 0 Å². The van der Waals surface area contributed by atoms with Crippen molar-refractivity contribution in [1.29, 1.82) is 0 Å². The third kappa shape index (κ3) is 4.91. The summed E-state index contributed by atoms with van der Waals surface area (Å²) in [6.07, 6.45) is 0.244. The molecule has 1 aliphatic heterocycles. The second kappa shape index (κ2) is 9.25. The van der Waals surface area contributed by atoms with Gasteiger partial charge in [0.25, 0.3) is 5.69 Å². The van der Waals surface area contributed by atoms with Crippen molar-refractivity contribution in [3.63, 3.8) is 0 Å². The highest BCUT2D eigenvalue weighted by molar-refractivity contribution is 7.18. The van der Waals surface area contributed by atoms with Crippen LogP contribution in [0.3, 0.4) is 0 Å². The summed E-state index contributed by atoms with van der Waals surface area (Å²) in [4.78, 5) is 19.1. The standard InChI is InChI=1S/C20H18F3N5O2S2/c21-20(22,23)13-6-7-14(15(11-13)28(29)30)26-24-12-17-18(16-5-4-10-31-16)25-19(32-17)27-8-2-1-3-9-27/h4-7,10-12,26H,1-3,8-9H2/b24-12-. The van der Waals surface area contributed by atoms with Gasteiger partial charge in [-0.05, 0) is 42.8 Å². The van der Waals surface area contributed by atoms with Gasteiger partial charge in [-0.2, -0.15) is 18.3 Å². The van der Waals surface area contributed by atoms with Crippen LogP contribution in [0.5, 0.6) is 0 Å². The van der Waals surface area contributed by atoms with E-state index in [0.717, 1.165) is 58.6 Å². The van der Waals surface area contributed by atoms with Gasteiger partial charge in [0.05, 0.1) is 26.5 Å². The van der Waals surface area contributed by atoms with Gasteiger partial charge in [-0.1, -0.05) is 17.4 Å². The van der Waals surface area contributed by atoms with Crippen LogP contribution in [-0.4, -0.2) is 29.2 Å². The highest BCUT2D eigenvalue weighted by Gasteiger charge is 2.33. The van der Waals surface area contributed by atoms with E-state index in [2.05, 4.69) is 15.4 Å². The molecule has 0 amide bonds. The van der Waals surface area contributed by atoms with Gasteiger partial charge in [-0.15, -0.1) is 11.3 Å². The first-order valence-electron chi connectivity index (χ1n) is 9.77. The molecule has 0 radical (unpaired) electrons. The minimum atomic E-state index is -4.67. The summed E-state index contributed by atoms with van der Waals surface area (Å²) in [6.45, 7) is 1.87. The molecule has 7 nitrogen and oxygen atoms in total. The summed E-state index contributed by atoms with van der Waals surface area (Å²) in [7, 11) is 0. The number of alkyl halides is 3. The Morgan fingerprint density at radius 3 is 2.66 bits per heavy atom. The molecule has 0 bridgehead atoms. The van der Waals surface area contributed by atoms with Crippen molar-refractivity contribution < 1.29 is 18.1 Å². The fraction of sp³-hybridized carbons (Fsp3) is 0.300. The van der Waals surface area contributed by atoms with Crippen LogP contribution in [0, 0.1) is 10.1 Å². The maximum absolute atomic E-state index is 12.9. The molecule has 1 N–H and O–H groups in total. The van der Waals surface area contributed by atoms with Gasteiger partial charge >= 0.3 is 6.18 Å². The lowest BCUT2D eigenvalue weighted by molar-refractivity contribution is -0.384. The second-order valence-corrected chi connectivity index (χ2v) is 9.05. The highest BCUT2D eigenvalue weighted by atomic mass is 32.1. The zero-order chi connectivity index (χ0) is 22.7. The molecule has 3 heterocycles. The zero-order valence-electron chi connectivity index (χ0n) is 16.6. The Bertz CT molecular complexity index is 1120. The van der Waals surface area contributed by atoms with Gasteiger partial charge in [0.1, 0.15) is 11.4 Å². The summed E-state index contributed by atoms with van der Waals surface area (Å²) >= 11 is 3.00. The van der Waals surface area contributed by atoms with Gasteiger partial charge in [-0.3, -0.25) is 15.5 Å². The number of hydrazone groups is 1. The zero-order valence-corrected chi connectivity index (χ0v) is 18.3.